The van der Waals surface area contributed by atoms with Gasteiger partial charge in [0.2, 0.25) is 0 Å². The van der Waals surface area contributed by atoms with Gasteiger partial charge >= 0.3 is 0 Å². The molecule has 2 fully saturated rings. The maximum absolute atomic E-state index is 13.1. The van der Waals surface area contributed by atoms with E-state index < -0.39 is 0 Å². The molecule has 2 saturated heterocycles. The van der Waals surface area contributed by atoms with Crippen LogP contribution in [0.3, 0.4) is 0 Å². The first kappa shape index (κ1) is 17.2. The minimum absolute atomic E-state index is 0.0102. The molecule has 0 bridgehead atoms. The Morgan fingerprint density at radius 2 is 1.77 bits per heavy atom. The van der Waals surface area contributed by atoms with E-state index in [1.807, 2.05) is 12.1 Å². The predicted octanol–water partition coefficient (Wildman–Crippen LogP) is 0.926. The lowest BCUT2D eigenvalue weighted by atomic mass is 10.1. The summed E-state index contributed by atoms with van der Waals surface area (Å²) in [6, 6.07) is 8.82. The Kier molecular flexibility index (Phi) is 4.74. The molecule has 0 N–H and O–H groups in total. The maximum Gasteiger partial charge on any atom is 0.253 e. The first-order valence-corrected chi connectivity index (χ1v) is 9.08. The second-order valence-electron chi connectivity index (χ2n) is 7.11. The molecule has 0 radical (unpaired) electrons. The van der Waals surface area contributed by atoms with Crippen molar-refractivity contribution in [1.82, 2.24) is 19.4 Å². The van der Waals surface area contributed by atoms with Crippen molar-refractivity contribution in [3.63, 3.8) is 0 Å². The summed E-state index contributed by atoms with van der Waals surface area (Å²) in [5.41, 5.74) is 1.08. The molecular formula is C19H24FN5O. The van der Waals surface area contributed by atoms with Gasteiger partial charge in [0, 0.05) is 70.3 Å². The zero-order valence-electron chi connectivity index (χ0n) is 15.0. The molecule has 138 valence electrons. The summed E-state index contributed by atoms with van der Waals surface area (Å²) in [5, 5.41) is 0. The fourth-order valence-electron chi connectivity index (χ4n) is 3.76. The SMILES string of the molecule is Cn1c(CN2CC(N3CCN(c4ccc(F)cc4)CC3)C2)nccc1=O. The summed E-state index contributed by atoms with van der Waals surface area (Å²) in [7, 11) is 1.77. The second kappa shape index (κ2) is 7.17. The van der Waals surface area contributed by atoms with Crippen molar-refractivity contribution in [3.05, 3.63) is 58.5 Å². The Morgan fingerprint density at radius 3 is 2.46 bits per heavy atom. The lowest BCUT2D eigenvalue weighted by Gasteiger charge is -2.48. The van der Waals surface area contributed by atoms with Gasteiger partial charge in [-0.3, -0.25) is 19.2 Å². The Bertz CT molecular complexity index is 807. The molecule has 2 aromatic rings. The maximum atomic E-state index is 13.1. The van der Waals surface area contributed by atoms with Crippen LogP contribution in [0, 0.1) is 5.82 Å². The lowest BCUT2D eigenvalue weighted by Crippen LogP contribution is -2.62. The van der Waals surface area contributed by atoms with Crippen molar-refractivity contribution in [3.8, 4) is 0 Å². The molecule has 26 heavy (non-hydrogen) atoms. The largest absolute Gasteiger partial charge is 0.369 e. The number of piperazine rings is 1. The predicted molar refractivity (Wildman–Crippen MR) is 98.7 cm³/mol. The smallest absolute Gasteiger partial charge is 0.253 e. The topological polar surface area (TPSA) is 44.6 Å². The number of hydrogen-bond acceptors (Lipinski definition) is 5. The van der Waals surface area contributed by atoms with E-state index in [9.17, 15) is 9.18 Å². The molecule has 0 saturated carbocycles. The van der Waals surface area contributed by atoms with Crippen LogP contribution >= 0.6 is 0 Å². The van der Waals surface area contributed by atoms with Crippen molar-refractivity contribution < 1.29 is 4.39 Å². The van der Waals surface area contributed by atoms with Crippen molar-refractivity contribution in [2.75, 3.05) is 44.2 Å². The number of likely N-dealkylation sites (tertiary alicyclic amines) is 1. The standard InChI is InChI=1S/C19H24FN5O/c1-22-18(21-7-6-19(22)26)14-23-12-17(13-23)25-10-8-24(9-11-25)16-4-2-15(20)3-5-16/h2-7,17H,8-14H2,1H3. The van der Waals surface area contributed by atoms with E-state index in [4.69, 9.17) is 0 Å². The van der Waals surface area contributed by atoms with Crippen LogP contribution in [-0.4, -0.2) is 64.7 Å². The first-order chi connectivity index (χ1) is 12.6. The van der Waals surface area contributed by atoms with Gasteiger partial charge in [-0.25, -0.2) is 9.37 Å². The summed E-state index contributed by atoms with van der Waals surface area (Å²) in [6.45, 7) is 6.74. The molecule has 7 heteroatoms. The van der Waals surface area contributed by atoms with Crippen LogP contribution < -0.4 is 10.5 Å². The molecular weight excluding hydrogens is 333 g/mol. The van der Waals surface area contributed by atoms with E-state index in [0.29, 0.717) is 6.04 Å². The highest BCUT2D eigenvalue weighted by Gasteiger charge is 2.33. The minimum Gasteiger partial charge on any atom is -0.369 e. The van der Waals surface area contributed by atoms with Crippen LogP contribution in [0.15, 0.2) is 41.3 Å². The summed E-state index contributed by atoms with van der Waals surface area (Å²) in [6.07, 6.45) is 1.59. The van der Waals surface area contributed by atoms with Gasteiger partial charge in [0.05, 0.1) is 6.54 Å². The highest BCUT2D eigenvalue weighted by Crippen LogP contribution is 2.21. The van der Waals surface area contributed by atoms with Gasteiger partial charge in [-0.15, -0.1) is 0 Å². The Labute approximate surface area is 152 Å². The fourth-order valence-corrected chi connectivity index (χ4v) is 3.76. The van der Waals surface area contributed by atoms with Crippen molar-refractivity contribution in [2.24, 2.45) is 7.05 Å². The highest BCUT2D eigenvalue weighted by atomic mass is 19.1. The zero-order chi connectivity index (χ0) is 18.1. The monoisotopic (exact) mass is 357 g/mol. The number of nitrogens with zero attached hydrogens (tertiary/aromatic N) is 5. The number of rotatable bonds is 4. The summed E-state index contributed by atoms with van der Waals surface area (Å²) < 4.78 is 14.7. The van der Waals surface area contributed by atoms with Crippen LogP contribution in [0.2, 0.25) is 0 Å². The van der Waals surface area contributed by atoms with Crippen molar-refractivity contribution in [1.29, 1.82) is 0 Å². The highest BCUT2D eigenvalue weighted by molar-refractivity contribution is 5.46. The Hall–Kier alpha value is -2.25. The Balaban J connectivity index is 1.26. The van der Waals surface area contributed by atoms with Gasteiger partial charge in [-0.05, 0) is 24.3 Å². The third-order valence-electron chi connectivity index (χ3n) is 5.48. The molecule has 0 atom stereocenters. The molecule has 3 heterocycles. The van der Waals surface area contributed by atoms with E-state index in [0.717, 1.165) is 57.3 Å². The molecule has 1 aromatic heterocycles. The van der Waals surface area contributed by atoms with E-state index in [-0.39, 0.29) is 11.4 Å². The van der Waals surface area contributed by atoms with E-state index in [2.05, 4.69) is 19.7 Å². The molecule has 1 aromatic carbocycles. The van der Waals surface area contributed by atoms with Crippen LogP contribution in [0.1, 0.15) is 5.82 Å². The summed E-state index contributed by atoms with van der Waals surface area (Å²) in [5.74, 6) is 0.629. The van der Waals surface area contributed by atoms with Gasteiger partial charge in [-0.1, -0.05) is 0 Å². The zero-order valence-corrected chi connectivity index (χ0v) is 15.0. The van der Waals surface area contributed by atoms with Crippen molar-refractivity contribution >= 4 is 5.69 Å². The molecule has 0 unspecified atom stereocenters. The summed E-state index contributed by atoms with van der Waals surface area (Å²) in [4.78, 5) is 23.2. The van der Waals surface area contributed by atoms with Crippen LogP contribution in [0.25, 0.3) is 0 Å². The first-order valence-electron chi connectivity index (χ1n) is 9.08. The Morgan fingerprint density at radius 1 is 1.08 bits per heavy atom. The third kappa shape index (κ3) is 3.50. The van der Waals surface area contributed by atoms with Crippen LogP contribution in [-0.2, 0) is 13.6 Å². The second-order valence-corrected chi connectivity index (χ2v) is 7.11. The molecule has 2 aliphatic rings. The molecule has 2 aliphatic heterocycles. The van der Waals surface area contributed by atoms with Gasteiger partial charge in [-0.2, -0.15) is 0 Å². The summed E-state index contributed by atoms with van der Waals surface area (Å²) >= 11 is 0. The fraction of sp³-hybridized carbons (Fsp3) is 0.474. The van der Waals surface area contributed by atoms with Crippen molar-refractivity contribution in [2.45, 2.75) is 12.6 Å². The van der Waals surface area contributed by atoms with E-state index in [1.54, 1.807) is 17.8 Å². The van der Waals surface area contributed by atoms with Crippen LogP contribution in [0.4, 0.5) is 10.1 Å². The van der Waals surface area contributed by atoms with Gasteiger partial charge in [0.1, 0.15) is 11.6 Å². The third-order valence-corrected chi connectivity index (χ3v) is 5.48. The molecule has 4 rings (SSSR count). The number of hydrogen-bond donors (Lipinski definition) is 0. The van der Waals surface area contributed by atoms with Crippen LogP contribution in [0.5, 0.6) is 0 Å². The normalized spacial score (nSPS) is 19.5. The van der Waals surface area contributed by atoms with E-state index in [1.165, 1.54) is 18.2 Å². The average Bonchev–Trinajstić information content (AvgIpc) is 2.62. The number of aromatic nitrogens is 2. The molecule has 0 amide bonds. The number of benzene rings is 1. The van der Waals surface area contributed by atoms with Gasteiger partial charge < -0.3 is 4.90 Å². The molecule has 6 nitrogen and oxygen atoms in total. The minimum atomic E-state index is -0.188. The van der Waals surface area contributed by atoms with E-state index >= 15 is 0 Å². The number of anilines is 1. The molecule has 0 spiro atoms. The quantitative estimate of drug-likeness (QED) is 0.815. The average molecular weight is 357 g/mol. The lowest BCUT2D eigenvalue weighted by molar-refractivity contribution is 0.0233. The number of halogens is 1. The van der Waals surface area contributed by atoms with Gasteiger partial charge in [0.25, 0.3) is 5.56 Å². The molecule has 0 aliphatic carbocycles. The van der Waals surface area contributed by atoms with Gasteiger partial charge in [0.15, 0.2) is 0 Å².